The summed E-state index contributed by atoms with van der Waals surface area (Å²) in [4.78, 5) is 0. The van der Waals surface area contributed by atoms with Gasteiger partial charge in [-0.15, -0.1) is 0 Å². The maximum absolute atomic E-state index is 10.8. The summed E-state index contributed by atoms with van der Waals surface area (Å²) in [5.41, 5.74) is 1.93. The van der Waals surface area contributed by atoms with Crippen molar-refractivity contribution in [1.29, 1.82) is 0 Å². The summed E-state index contributed by atoms with van der Waals surface area (Å²) < 4.78 is 6.16. The van der Waals surface area contributed by atoms with Gasteiger partial charge in [-0.3, -0.25) is 0 Å². The predicted octanol–water partition coefficient (Wildman–Crippen LogP) is 2.27. The largest absolute Gasteiger partial charge is 0.393 e. The number of hydrogen-bond donors (Lipinski definition) is 2. The molecule has 1 spiro atoms. The van der Waals surface area contributed by atoms with E-state index in [9.17, 15) is 10.2 Å². The van der Waals surface area contributed by atoms with Gasteiger partial charge in [-0.2, -0.15) is 0 Å². The van der Waals surface area contributed by atoms with Crippen LogP contribution < -0.4 is 0 Å². The summed E-state index contributed by atoms with van der Waals surface area (Å²) in [5, 5.41) is 20.8. The molecule has 0 aromatic heterocycles. The van der Waals surface area contributed by atoms with E-state index in [2.05, 4.69) is 13.0 Å². The Balaban J connectivity index is 1.55. The highest BCUT2D eigenvalue weighted by Crippen LogP contribution is 2.71. The molecule has 1 saturated heterocycles. The standard InChI is InChI=1S/C18H26O3/c1-17-4-2-12(19)6-10(17)7-14(20)15-13(17)3-5-18-8-11(18)9-21-16(15)18/h7,11-16,19-20H,2-6,8-9H2,1H3/t11?,12-,13?,14?,15?,16?,17-,18-/m0/s1. The van der Waals surface area contributed by atoms with Crippen molar-refractivity contribution in [2.75, 3.05) is 6.61 Å². The molecule has 4 aliphatic carbocycles. The van der Waals surface area contributed by atoms with Crippen LogP contribution >= 0.6 is 0 Å². The normalized spacial score (nSPS) is 61.2. The van der Waals surface area contributed by atoms with Crippen molar-refractivity contribution in [2.45, 2.75) is 63.8 Å². The van der Waals surface area contributed by atoms with Crippen molar-refractivity contribution in [1.82, 2.24) is 0 Å². The third kappa shape index (κ3) is 1.50. The molecule has 3 heteroatoms. The van der Waals surface area contributed by atoms with E-state index in [4.69, 9.17) is 4.74 Å². The third-order valence-corrected chi connectivity index (χ3v) is 7.83. The molecule has 21 heavy (non-hydrogen) atoms. The molecular formula is C18H26O3. The van der Waals surface area contributed by atoms with Crippen LogP contribution in [0.4, 0.5) is 0 Å². The molecule has 116 valence electrons. The molecular weight excluding hydrogens is 264 g/mol. The molecule has 5 unspecified atom stereocenters. The maximum Gasteiger partial charge on any atom is 0.0779 e. The first-order valence-corrected chi connectivity index (χ1v) is 8.73. The Morgan fingerprint density at radius 1 is 1.24 bits per heavy atom. The van der Waals surface area contributed by atoms with E-state index in [1.54, 1.807) is 0 Å². The van der Waals surface area contributed by atoms with Crippen LogP contribution in [0.5, 0.6) is 0 Å². The van der Waals surface area contributed by atoms with Gasteiger partial charge >= 0.3 is 0 Å². The van der Waals surface area contributed by atoms with Crippen molar-refractivity contribution in [2.24, 2.45) is 28.6 Å². The fourth-order valence-corrected chi connectivity index (χ4v) is 6.51. The maximum atomic E-state index is 10.8. The van der Waals surface area contributed by atoms with Gasteiger partial charge in [0.2, 0.25) is 0 Å². The van der Waals surface area contributed by atoms with E-state index in [1.165, 1.54) is 24.8 Å². The van der Waals surface area contributed by atoms with Crippen molar-refractivity contribution >= 4 is 0 Å². The van der Waals surface area contributed by atoms with Gasteiger partial charge in [0, 0.05) is 11.3 Å². The Kier molecular flexibility index (Phi) is 2.45. The van der Waals surface area contributed by atoms with Crippen molar-refractivity contribution < 1.29 is 14.9 Å². The lowest BCUT2D eigenvalue weighted by atomic mass is 9.50. The molecule has 5 rings (SSSR count). The van der Waals surface area contributed by atoms with Crippen LogP contribution in [0.15, 0.2) is 11.6 Å². The Bertz CT molecular complexity index is 515. The fourth-order valence-electron chi connectivity index (χ4n) is 6.51. The minimum atomic E-state index is -0.370. The van der Waals surface area contributed by atoms with E-state index < -0.39 is 0 Å². The first-order chi connectivity index (χ1) is 10.0. The average molecular weight is 290 g/mol. The van der Waals surface area contributed by atoms with Crippen LogP contribution in [-0.4, -0.2) is 35.1 Å². The van der Waals surface area contributed by atoms with E-state index in [-0.39, 0.29) is 29.6 Å². The van der Waals surface area contributed by atoms with Crippen LogP contribution in [0.2, 0.25) is 0 Å². The van der Waals surface area contributed by atoms with Crippen molar-refractivity contribution in [3.05, 3.63) is 11.6 Å². The zero-order valence-corrected chi connectivity index (χ0v) is 12.8. The topological polar surface area (TPSA) is 49.7 Å². The summed E-state index contributed by atoms with van der Waals surface area (Å²) in [6, 6.07) is 0. The molecule has 3 saturated carbocycles. The zero-order chi connectivity index (χ0) is 14.4. The van der Waals surface area contributed by atoms with Gasteiger partial charge in [-0.25, -0.2) is 0 Å². The zero-order valence-electron chi connectivity index (χ0n) is 12.8. The van der Waals surface area contributed by atoms with Crippen LogP contribution in [0, 0.1) is 28.6 Å². The van der Waals surface area contributed by atoms with Crippen LogP contribution in [0.1, 0.15) is 45.4 Å². The quantitative estimate of drug-likeness (QED) is 0.673. The average Bonchev–Trinajstić information content (AvgIpc) is 3.03. The molecule has 0 bridgehead atoms. The van der Waals surface area contributed by atoms with Gasteiger partial charge in [0.15, 0.2) is 0 Å². The SMILES string of the molecule is C[C@]12CC[C@H](O)CC1=CC(O)C1C3OCC4C[C@@]43CCC12. The Hall–Kier alpha value is -0.380. The lowest BCUT2D eigenvalue weighted by molar-refractivity contribution is -0.116. The van der Waals surface area contributed by atoms with Gasteiger partial charge in [0.25, 0.3) is 0 Å². The van der Waals surface area contributed by atoms with Crippen LogP contribution in [-0.2, 0) is 4.74 Å². The molecule has 5 aliphatic rings. The van der Waals surface area contributed by atoms with Gasteiger partial charge in [0.05, 0.1) is 24.9 Å². The molecule has 2 N–H and O–H groups in total. The molecule has 1 heterocycles. The highest BCUT2D eigenvalue weighted by atomic mass is 16.5. The van der Waals surface area contributed by atoms with Gasteiger partial charge in [-0.05, 0) is 55.8 Å². The van der Waals surface area contributed by atoms with Crippen molar-refractivity contribution in [3.8, 4) is 0 Å². The second-order valence-electron chi connectivity index (χ2n) is 8.61. The first-order valence-electron chi connectivity index (χ1n) is 8.73. The molecule has 1 aliphatic heterocycles. The van der Waals surface area contributed by atoms with Gasteiger partial charge in [-0.1, -0.05) is 18.6 Å². The Labute approximate surface area is 126 Å². The summed E-state index contributed by atoms with van der Waals surface area (Å²) >= 11 is 0. The first kappa shape index (κ1) is 13.1. The summed E-state index contributed by atoms with van der Waals surface area (Å²) in [7, 11) is 0. The van der Waals surface area contributed by atoms with E-state index in [0.29, 0.717) is 11.3 Å². The van der Waals surface area contributed by atoms with E-state index >= 15 is 0 Å². The smallest absolute Gasteiger partial charge is 0.0779 e. The molecule has 0 aromatic carbocycles. The highest BCUT2D eigenvalue weighted by molar-refractivity contribution is 5.29. The molecule has 4 fully saturated rings. The second kappa shape index (κ2) is 3.93. The minimum Gasteiger partial charge on any atom is -0.393 e. The number of aliphatic hydroxyl groups excluding tert-OH is 2. The second-order valence-corrected chi connectivity index (χ2v) is 8.61. The Morgan fingerprint density at radius 3 is 2.90 bits per heavy atom. The number of rotatable bonds is 0. The number of ether oxygens (including phenoxy) is 1. The van der Waals surface area contributed by atoms with Crippen LogP contribution in [0.3, 0.4) is 0 Å². The van der Waals surface area contributed by atoms with E-state index in [1.807, 2.05) is 0 Å². The number of aliphatic hydroxyl groups is 2. The fraction of sp³-hybridized carbons (Fsp3) is 0.889. The number of hydrogen-bond acceptors (Lipinski definition) is 3. The minimum absolute atomic E-state index is 0.182. The van der Waals surface area contributed by atoms with Crippen molar-refractivity contribution in [3.63, 3.8) is 0 Å². The molecule has 3 nitrogen and oxygen atoms in total. The summed E-state index contributed by atoms with van der Waals surface area (Å²) in [5.74, 6) is 1.60. The van der Waals surface area contributed by atoms with Gasteiger partial charge < -0.3 is 14.9 Å². The lowest BCUT2D eigenvalue weighted by Crippen LogP contribution is -2.55. The lowest BCUT2D eigenvalue weighted by Gasteiger charge is -2.56. The van der Waals surface area contributed by atoms with E-state index in [0.717, 1.165) is 31.8 Å². The highest BCUT2D eigenvalue weighted by Gasteiger charge is 2.70. The molecule has 8 atom stereocenters. The molecule has 0 radical (unpaired) electrons. The van der Waals surface area contributed by atoms with Crippen LogP contribution in [0.25, 0.3) is 0 Å². The summed E-state index contributed by atoms with van der Waals surface area (Å²) in [6.45, 7) is 3.30. The third-order valence-electron chi connectivity index (χ3n) is 7.83. The predicted molar refractivity (Wildman–Crippen MR) is 78.5 cm³/mol. The Morgan fingerprint density at radius 2 is 2.10 bits per heavy atom. The monoisotopic (exact) mass is 290 g/mol. The number of fused-ring (bicyclic) bond motifs is 4. The van der Waals surface area contributed by atoms with Gasteiger partial charge in [0.1, 0.15) is 0 Å². The molecule has 0 aromatic rings. The summed E-state index contributed by atoms with van der Waals surface area (Å²) in [6.07, 6.45) is 8.39. The molecule has 0 amide bonds.